The normalized spacial score (nSPS) is 11.0. The molecule has 8 heteroatoms. The molecular weight excluding hydrogens is 296 g/mol. The van der Waals surface area contributed by atoms with Crippen molar-refractivity contribution >= 4 is 27.5 Å². The summed E-state index contributed by atoms with van der Waals surface area (Å²) < 4.78 is 22.1. The van der Waals surface area contributed by atoms with Gasteiger partial charge in [0.1, 0.15) is 9.84 Å². The highest BCUT2D eigenvalue weighted by atomic mass is 32.2. The molecule has 1 rings (SSSR count). The lowest BCUT2D eigenvalue weighted by Crippen LogP contribution is -2.35. The van der Waals surface area contributed by atoms with E-state index in [9.17, 15) is 18.0 Å². The van der Waals surface area contributed by atoms with Crippen molar-refractivity contribution in [3.63, 3.8) is 0 Å². The van der Waals surface area contributed by atoms with Gasteiger partial charge in [0, 0.05) is 19.8 Å². The fourth-order valence-corrected chi connectivity index (χ4v) is 2.28. The average molecular weight is 314 g/mol. The maximum Gasteiger partial charge on any atom is 0.338 e. The molecule has 0 spiro atoms. The molecule has 2 N–H and O–H groups in total. The third-order valence-electron chi connectivity index (χ3n) is 2.87. The van der Waals surface area contributed by atoms with Crippen molar-refractivity contribution < 1.29 is 23.1 Å². The van der Waals surface area contributed by atoms with Gasteiger partial charge in [-0.3, -0.25) is 0 Å². The molecule has 2 amide bonds. The van der Waals surface area contributed by atoms with Crippen LogP contribution < -0.4 is 5.32 Å². The van der Waals surface area contributed by atoms with Gasteiger partial charge in [-0.1, -0.05) is 12.1 Å². The molecule has 0 fully saturated rings. The number of carbonyl (C=O) groups excluding carboxylic acids is 1. The number of carboxylic acids is 1. The number of aryl methyl sites for hydroxylation is 1. The van der Waals surface area contributed by atoms with Crippen LogP contribution >= 0.6 is 0 Å². The minimum atomic E-state index is -3.17. The number of anilines is 1. The Morgan fingerprint density at radius 2 is 1.95 bits per heavy atom. The fraction of sp³-hybridized carbons (Fsp3) is 0.385. The molecule has 0 aliphatic rings. The third kappa shape index (κ3) is 5.07. The largest absolute Gasteiger partial charge is 0.478 e. The second kappa shape index (κ2) is 6.57. The van der Waals surface area contributed by atoms with E-state index in [4.69, 9.17) is 5.11 Å². The highest BCUT2D eigenvalue weighted by molar-refractivity contribution is 7.90. The van der Waals surface area contributed by atoms with E-state index in [1.165, 1.54) is 18.0 Å². The van der Waals surface area contributed by atoms with Crippen molar-refractivity contribution in [2.45, 2.75) is 6.92 Å². The molecule has 21 heavy (non-hydrogen) atoms. The molecule has 1 aromatic rings. The number of aromatic carboxylic acids is 1. The minimum absolute atomic E-state index is 0.0161. The number of urea groups is 1. The lowest BCUT2D eigenvalue weighted by atomic mass is 10.1. The molecular formula is C13H18N2O5S. The molecule has 0 saturated heterocycles. The van der Waals surface area contributed by atoms with E-state index in [2.05, 4.69) is 5.32 Å². The first-order valence-corrected chi connectivity index (χ1v) is 8.20. The number of hydrogen-bond donors (Lipinski definition) is 2. The van der Waals surface area contributed by atoms with Crippen molar-refractivity contribution in [2.24, 2.45) is 0 Å². The van der Waals surface area contributed by atoms with Gasteiger partial charge in [-0.2, -0.15) is 0 Å². The molecule has 0 bridgehead atoms. The number of rotatable bonds is 5. The van der Waals surface area contributed by atoms with Crippen LogP contribution in [0.4, 0.5) is 10.5 Å². The molecule has 0 unspecified atom stereocenters. The molecule has 0 aliphatic carbocycles. The molecule has 7 nitrogen and oxygen atoms in total. The van der Waals surface area contributed by atoms with E-state index in [1.807, 2.05) is 0 Å². The lowest BCUT2D eigenvalue weighted by Gasteiger charge is -2.18. The van der Waals surface area contributed by atoms with Gasteiger partial charge >= 0.3 is 12.0 Å². The van der Waals surface area contributed by atoms with Gasteiger partial charge in [-0.15, -0.1) is 0 Å². The van der Waals surface area contributed by atoms with Crippen molar-refractivity contribution in [3.05, 3.63) is 29.3 Å². The standard InChI is InChI=1S/C13H18N2O5S/c1-9-5-4-6-10(11(9)12(16)17)14-13(18)15(2)7-8-21(3,19)20/h4-6H,7-8H2,1-3H3,(H,14,18)(H,16,17). The van der Waals surface area contributed by atoms with Gasteiger partial charge in [0.25, 0.3) is 0 Å². The Morgan fingerprint density at radius 1 is 1.33 bits per heavy atom. The first-order valence-electron chi connectivity index (χ1n) is 6.14. The van der Waals surface area contributed by atoms with Crippen molar-refractivity contribution in [1.82, 2.24) is 4.90 Å². The maximum absolute atomic E-state index is 11.9. The SMILES string of the molecule is Cc1cccc(NC(=O)N(C)CCS(C)(=O)=O)c1C(=O)O. The summed E-state index contributed by atoms with van der Waals surface area (Å²) in [4.78, 5) is 24.3. The van der Waals surface area contributed by atoms with Crippen LogP contribution in [0.2, 0.25) is 0 Å². The van der Waals surface area contributed by atoms with Gasteiger partial charge in [0.2, 0.25) is 0 Å². The summed E-state index contributed by atoms with van der Waals surface area (Å²) in [5.74, 6) is -1.29. The van der Waals surface area contributed by atoms with E-state index >= 15 is 0 Å². The highest BCUT2D eigenvalue weighted by Crippen LogP contribution is 2.19. The van der Waals surface area contributed by atoms with Crippen molar-refractivity contribution in [3.8, 4) is 0 Å². The Bertz CT molecular complexity index is 655. The van der Waals surface area contributed by atoms with Crippen LogP contribution in [0.1, 0.15) is 15.9 Å². The molecule has 116 valence electrons. The zero-order chi connectivity index (χ0) is 16.2. The summed E-state index contributed by atoms with van der Waals surface area (Å²) >= 11 is 0. The van der Waals surface area contributed by atoms with E-state index in [1.54, 1.807) is 19.1 Å². The number of sulfone groups is 1. The van der Waals surface area contributed by atoms with Crippen molar-refractivity contribution in [2.75, 3.05) is 30.9 Å². The van der Waals surface area contributed by atoms with E-state index in [0.717, 1.165) is 6.26 Å². The average Bonchev–Trinajstić information content (AvgIpc) is 2.34. The summed E-state index contributed by atoms with van der Waals surface area (Å²) in [6.45, 7) is 1.66. The number of hydrogen-bond acceptors (Lipinski definition) is 4. The Labute approximate surface area is 123 Å². The zero-order valence-electron chi connectivity index (χ0n) is 12.1. The van der Waals surface area contributed by atoms with Gasteiger partial charge < -0.3 is 15.3 Å². The Morgan fingerprint density at radius 3 is 2.48 bits per heavy atom. The second-order valence-electron chi connectivity index (χ2n) is 4.78. The highest BCUT2D eigenvalue weighted by Gasteiger charge is 2.17. The van der Waals surface area contributed by atoms with Crippen LogP contribution in [-0.4, -0.2) is 56.0 Å². The van der Waals surface area contributed by atoms with E-state index < -0.39 is 21.8 Å². The van der Waals surface area contributed by atoms with Crippen LogP contribution in [0, 0.1) is 6.92 Å². The number of amides is 2. The van der Waals surface area contributed by atoms with E-state index in [0.29, 0.717) is 5.56 Å². The fourth-order valence-electron chi connectivity index (χ4n) is 1.67. The number of nitrogens with zero attached hydrogens (tertiary/aromatic N) is 1. The summed E-state index contributed by atoms with van der Waals surface area (Å²) in [6, 6.07) is 4.19. The molecule has 0 aromatic heterocycles. The monoisotopic (exact) mass is 314 g/mol. The quantitative estimate of drug-likeness (QED) is 0.850. The topological polar surface area (TPSA) is 104 Å². The zero-order valence-corrected chi connectivity index (χ0v) is 12.9. The summed E-state index contributed by atoms with van der Waals surface area (Å²) in [7, 11) is -1.73. The summed E-state index contributed by atoms with van der Waals surface area (Å²) in [5.41, 5.74) is 0.722. The smallest absolute Gasteiger partial charge is 0.338 e. The van der Waals surface area contributed by atoms with Crippen LogP contribution in [0.3, 0.4) is 0 Å². The van der Waals surface area contributed by atoms with Gasteiger partial charge in [-0.25, -0.2) is 18.0 Å². The van der Waals surface area contributed by atoms with Gasteiger partial charge in [0.15, 0.2) is 0 Å². The van der Waals surface area contributed by atoms with E-state index in [-0.39, 0.29) is 23.5 Å². The molecule has 1 aromatic carbocycles. The second-order valence-corrected chi connectivity index (χ2v) is 7.04. The van der Waals surface area contributed by atoms with Crippen LogP contribution in [0.25, 0.3) is 0 Å². The van der Waals surface area contributed by atoms with Crippen LogP contribution in [0.15, 0.2) is 18.2 Å². The Balaban J connectivity index is 2.84. The Hall–Kier alpha value is -2.09. The number of carbonyl (C=O) groups is 2. The summed E-state index contributed by atoms with van der Waals surface area (Å²) in [5, 5.41) is 11.6. The molecule has 0 saturated carbocycles. The number of carboxylic acid groups (broad SMARTS) is 1. The minimum Gasteiger partial charge on any atom is -0.478 e. The third-order valence-corrected chi connectivity index (χ3v) is 3.80. The molecule has 0 radical (unpaired) electrons. The molecule has 0 aliphatic heterocycles. The number of nitrogens with one attached hydrogen (secondary N) is 1. The van der Waals surface area contributed by atoms with Gasteiger partial charge in [-0.05, 0) is 18.6 Å². The Kier molecular flexibility index (Phi) is 5.31. The summed E-state index contributed by atoms with van der Waals surface area (Å²) in [6.07, 6.45) is 1.09. The number of benzene rings is 1. The van der Waals surface area contributed by atoms with Gasteiger partial charge in [0.05, 0.1) is 17.0 Å². The van der Waals surface area contributed by atoms with Crippen LogP contribution in [-0.2, 0) is 9.84 Å². The lowest BCUT2D eigenvalue weighted by molar-refractivity contribution is 0.0697. The predicted molar refractivity (Wildman–Crippen MR) is 79.5 cm³/mol. The first-order chi connectivity index (χ1) is 9.61. The molecule has 0 atom stereocenters. The van der Waals surface area contributed by atoms with Crippen LogP contribution in [0.5, 0.6) is 0 Å². The maximum atomic E-state index is 11.9. The van der Waals surface area contributed by atoms with Crippen molar-refractivity contribution in [1.29, 1.82) is 0 Å². The predicted octanol–water partition coefficient (Wildman–Crippen LogP) is 1.20. The first kappa shape index (κ1) is 17.0. The molecule has 0 heterocycles.